The van der Waals surface area contributed by atoms with Gasteiger partial charge in [-0.15, -0.1) is 0 Å². The first-order chi connectivity index (χ1) is 9.69. The van der Waals surface area contributed by atoms with Gasteiger partial charge in [-0.1, -0.05) is 29.8 Å². The lowest BCUT2D eigenvalue weighted by molar-refractivity contribution is 0.0600. The topological polar surface area (TPSA) is 39.2 Å². The van der Waals surface area contributed by atoms with Crippen LogP contribution in [0, 0.1) is 6.92 Å². The van der Waals surface area contributed by atoms with Gasteiger partial charge < -0.3 is 4.74 Å². The van der Waals surface area contributed by atoms with Crippen LogP contribution in [0.4, 0.5) is 0 Å². The molecule has 0 atom stereocenters. The van der Waals surface area contributed by atoms with Crippen molar-refractivity contribution < 1.29 is 9.53 Å². The van der Waals surface area contributed by atoms with Crippen molar-refractivity contribution in [2.45, 2.75) is 18.4 Å². The average molecular weight is 287 g/mol. The van der Waals surface area contributed by atoms with Gasteiger partial charge >= 0.3 is 5.97 Å². The Balaban J connectivity index is 1.86. The predicted octanol–water partition coefficient (Wildman–Crippen LogP) is 3.61. The molecule has 0 saturated heterocycles. The van der Waals surface area contributed by atoms with Crippen molar-refractivity contribution in [1.29, 1.82) is 0 Å². The summed E-state index contributed by atoms with van der Waals surface area (Å²) in [4.78, 5) is 15.6. The molecule has 0 N–H and O–H groups in total. The number of hydrogen-bond donors (Lipinski definition) is 0. The summed E-state index contributed by atoms with van der Waals surface area (Å²) >= 11 is 1.81. The highest BCUT2D eigenvalue weighted by Crippen LogP contribution is 2.17. The van der Waals surface area contributed by atoms with Crippen LogP contribution < -0.4 is 0 Å². The van der Waals surface area contributed by atoms with Crippen LogP contribution in [-0.4, -0.2) is 18.1 Å². The zero-order chi connectivity index (χ0) is 14.4. The number of methoxy groups -OCH3 is 1. The molecule has 0 aliphatic carbocycles. The van der Waals surface area contributed by atoms with Crippen LogP contribution in [0.25, 0.3) is 0 Å². The zero-order valence-corrected chi connectivity index (χ0v) is 12.4. The summed E-state index contributed by atoms with van der Waals surface area (Å²) in [7, 11) is 1.37. The second-order valence-corrected chi connectivity index (χ2v) is 5.50. The number of esters is 1. The second kappa shape index (κ2) is 7.10. The highest BCUT2D eigenvalue weighted by molar-refractivity contribution is 7.97. The number of carbonyl (C=O) groups excluding carboxylic acids is 1. The van der Waals surface area contributed by atoms with Crippen molar-refractivity contribution in [3.8, 4) is 0 Å². The van der Waals surface area contributed by atoms with Gasteiger partial charge in [0.2, 0.25) is 0 Å². The number of ether oxygens (including phenoxy) is 1. The monoisotopic (exact) mass is 287 g/mol. The molecule has 0 unspecified atom stereocenters. The third-order valence-corrected chi connectivity index (χ3v) is 3.88. The van der Waals surface area contributed by atoms with Crippen molar-refractivity contribution in [1.82, 2.24) is 4.98 Å². The fraction of sp³-hybridized carbons (Fsp3) is 0.250. The number of pyridine rings is 1. The van der Waals surface area contributed by atoms with Gasteiger partial charge in [-0.25, -0.2) is 4.79 Å². The van der Waals surface area contributed by atoms with E-state index >= 15 is 0 Å². The van der Waals surface area contributed by atoms with E-state index in [0.717, 1.165) is 17.2 Å². The van der Waals surface area contributed by atoms with Crippen molar-refractivity contribution in [2.24, 2.45) is 0 Å². The third-order valence-electron chi connectivity index (χ3n) is 2.85. The Hall–Kier alpha value is -1.81. The number of hydrogen-bond acceptors (Lipinski definition) is 4. The lowest BCUT2D eigenvalue weighted by atomic mass is 10.2. The SMILES string of the molecule is COC(=O)c1ccc(CSCc2cccc(C)c2)nc1. The average Bonchev–Trinajstić information content (AvgIpc) is 2.47. The van der Waals surface area contributed by atoms with Crippen molar-refractivity contribution in [3.05, 3.63) is 65.0 Å². The lowest BCUT2D eigenvalue weighted by Gasteiger charge is -2.04. The van der Waals surface area contributed by atoms with Gasteiger partial charge in [-0.3, -0.25) is 4.98 Å². The summed E-state index contributed by atoms with van der Waals surface area (Å²) < 4.78 is 4.64. The van der Waals surface area contributed by atoms with Crippen molar-refractivity contribution >= 4 is 17.7 Å². The minimum Gasteiger partial charge on any atom is -0.465 e. The molecule has 0 aliphatic rings. The molecule has 0 fully saturated rings. The molecule has 1 aromatic carbocycles. The van der Waals surface area contributed by atoms with Crippen LogP contribution in [0.15, 0.2) is 42.6 Å². The van der Waals surface area contributed by atoms with Crippen molar-refractivity contribution in [3.63, 3.8) is 0 Å². The number of rotatable bonds is 5. The van der Waals surface area contributed by atoms with Crippen LogP contribution in [0.2, 0.25) is 0 Å². The van der Waals surface area contributed by atoms with E-state index < -0.39 is 0 Å². The molecular weight excluding hydrogens is 270 g/mol. The molecule has 0 aliphatic heterocycles. The van der Waals surface area contributed by atoms with Gasteiger partial charge in [0.15, 0.2) is 0 Å². The molecule has 0 spiro atoms. The molecule has 1 aromatic heterocycles. The predicted molar refractivity (Wildman–Crippen MR) is 81.8 cm³/mol. The van der Waals surface area contributed by atoms with E-state index in [0.29, 0.717) is 5.56 Å². The molecule has 2 rings (SSSR count). The summed E-state index contributed by atoms with van der Waals surface area (Å²) in [5.74, 6) is 1.44. The maximum absolute atomic E-state index is 11.3. The first kappa shape index (κ1) is 14.6. The molecule has 2 aromatic rings. The van der Waals surface area contributed by atoms with Crippen LogP contribution in [0.5, 0.6) is 0 Å². The van der Waals surface area contributed by atoms with E-state index in [1.807, 2.05) is 17.8 Å². The molecule has 0 saturated carbocycles. The van der Waals surface area contributed by atoms with E-state index in [4.69, 9.17) is 0 Å². The third kappa shape index (κ3) is 4.10. The number of benzene rings is 1. The van der Waals surface area contributed by atoms with E-state index in [-0.39, 0.29) is 5.97 Å². The van der Waals surface area contributed by atoms with Gasteiger partial charge in [-0.2, -0.15) is 11.8 Å². The maximum atomic E-state index is 11.3. The number of aromatic nitrogens is 1. The number of carbonyl (C=O) groups is 1. The maximum Gasteiger partial charge on any atom is 0.339 e. The summed E-state index contributed by atoms with van der Waals surface area (Å²) in [5, 5.41) is 0. The molecule has 0 amide bonds. The Bertz CT molecular complexity index is 581. The van der Waals surface area contributed by atoms with Gasteiger partial charge in [0.1, 0.15) is 0 Å². The fourth-order valence-electron chi connectivity index (χ4n) is 1.82. The van der Waals surface area contributed by atoms with Crippen LogP contribution in [0.3, 0.4) is 0 Å². The molecule has 0 bridgehead atoms. The summed E-state index contributed by atoms with van der Waals surface area (Å²) in [6.45, 7) is 2.10. The van der Waals surface area contributed by atoms with Crippen LogP contribution >= 0.6 is 11.8 Å². The Morgan fingerprint density at radius 2 is 2.10 bits per heavy atom. The van der Waals surface area contributed by atoms with Gasteiger partial charge in [0.05, 0.1) is 18.4 Å². The number of nitrogens with zero attached hydrogens (tertiary/aromatic N) is 1. The minimum absolute atomic E-state index is 0.350. The van der Waals surface area contributed by atoms with E-state index in [1.54, 1.807) is 12.3 Å². The van der Waals surface area contributed by atoms with Crippen molar-refractivity contribution in [2.75, 3.05) is 7.11 Å². The van der Waals surface area contributed by atoms with Gasteiger partial charge in [-0.05, 0) is 24.6 Å². The lowest BCUT2D eigenvalue weighted by Crippen LogP contribution is -2.02. The molecule has 0 radical (unpaired) electrons. The normalized spacial score (nSPS) is 10.3. The Kier molecular flexibility index (Phi) is 5.18. The first-order valence-corrected chi connectivity index (χ1v) is 7.51. The summed E-state index contributed by atoms with van der Waals surface area (Å²) in [5.41, 5.74) is 4.06. The number of aryl methyl sites for hydroxylation is 1. The molecule has 1 heterocycles. The molecule has 4 heteroatoms. The second-order valence-electron chi connectivity index (χ2n) is 4.51. The highest BCUT2D eigenvalue weighted by atomic mass is 32.2. The largest absolute Gasteiger partial charge is 0.465 e. The Morgan fingerprint density at radius 3 is 2.75 bits per heavy atom. The van der Waals surface area contributed by atoms with E-state index in [1.165, 1.54) is 18.2 Å². The zero-order valence-electron chi connectivity index (χ0n) is 11.6. The first-order valence-electron chi connectivity index (χ1n) is 6.35. The van der Waals surface area contributed by atoms with Crippen LogP contribution in [-0.2, 0) is 16.2 Å². The quantitative estimate of drug-likeness (QED) is 0.788. The molecular formula is C16H17NO2S. The standard InChI is InChI=1S/C16H17NO2S/c1-12-4-3-5-13(8-12)10-20-11-15-7-6-14(9-17-15)16(18)19-2/h3-9H,10-11H2,1-2H3. The highest BCUT2D eigenvalue weighted by Gasteiger charge is 2.05. The molecule has 104 valence electrons. The smallest absolute Gasteiger partial charge is 0.339 e. The number of thioether (sulfide) groups is 1. The van der Waals surface area contributed by atoms with Crippen LogP contribution in [0.1, 0.15) is 27.2 Å². The fourth-order valence-corrected chi connectivity index (χ4v) is 2.72. The Morgan fingerprint density at radius 1 is 1.25 bits per heavy atom. The Labute approximate surface area is 123 Å². The molecule has 3 nitrogen and oxygen atoms in total. The van der Waals surface area contributed by atoms with Gasteiger partial charge in [0.25, 0.3) is 0 Å². The van der Waals surface area contributed by atoms with Gasteiger partial charge in [0, 0.05) is 17.7 Å². The summed E-state index contributed by atoms with van der Waals surface area (Å²) in [6, 6.07) is 12.1. The molecule has 20 heavy (non-hydrogen) atoms. The van der Waals surface area contributed by atoms with E-state index in [9.17, 15) is 4.79 Å². The summed E-state index contributed by atoms with van der Waals surface area (Å²) in [6.07, 6.45) is 1.56. The van der Waals surface area contributed by atoms with E-state index in [2.05, 4.69) is 40.9 Å². The minimum atomic E-state index is -0.350.